The summed E-state index contributed by atoms with van der Waals surface area (Å²) in [6, 6.07) is 8.80. The lowest BCUT2D eigenvalue weighted by molar-refractivity contribution is -0.130. The topological polar surface area (TPSA) is 36.0 Å². The van der Waals surface area contributed by atoms with Crippen LogP contribution in [0.25, 0.3) is 0 Å². The maximum absolute atomic E-state index is 11.5. The number of rotatable bonds is 5. The van der Waals surface area contributed by atoms with Gasteiger partial charge in [0.15, 0.2) is 0 Å². The Kier molecular flexibility index (Phi) is 5.97. The summed E-state index contributed by atoms with van der Waals surface area (Å²) in [7, 11) is 0. The molecule has 0 N–H and O–H groups in total. The van der Waals surface area contributed by atoms with Gasteiger partial charge in [0.05, 0.1) is 0 Å². The fourth-order valence-corrected chi connectivity index (χ4v) is 4.08. The van der Waals surface area contributed by atoms with Crippen molar-refractivity contribution in [2.75, 3.05) is 52.4 Å². The predicted molar refractivity (Wildman–Crippen MR) is 99.9 cm³/mol. The van der Waals surface area contributed by atoms with E-state index < -0.39 is 0 Å². The van der Waals surface area contributed by atoms with Gasteiger partial charge in [-0.25, -0.2) is 0 Å². The molecule has 2 heterocycles. The number of ether oxygens (including phenoxy) is 1. The molecule has 2 saturated heterocycles. The summed E-state index contributed by atoms with van der Waals surface area (Å²) in [6.45, 7) is 13.8. The molecule has 138 valence electrons. The third-order valence-corrected chi connectivity index (χ3v) is 5.64. The molecule has 3 rings (SSSR count). The monoisotopic (exact) mass is 345 g/mol. The predicted octanol–water partition coefficient (Wildman–Crippen LogP) is 1.86. The molecule has 0 saturated carbocycles. The van der Waals surface area contributed by atoms with E-state index in [1.807, 2.05) is 23.1 Å². The highest BCUT2D eigenvalue weighted by Crippen LogP contribution is 2.23. The summed E-state index contributed by atoms with van der Waals surface area (Å²) in [5.41, 5.74) is 1.19. The molecular weight excluding hydrogens is 314 g/mol. The summed E-state index contributed by atoms with van der Waals surface area (Å²) < 4.78 is 5.96. The van der Waals surface area contributed by atoms with Crippen molar-refractivity contribution >= 4 is 5.91 Å². The van der Waals surface area contributed by atoms with Gasteiger partial charge >= 0.3 is 0 Å². The smallest absolute Gasteiger partial charge is 0.219 e. The number of piperazine rings is 1. The molecule has 2 aliphatic heterocycles. The number of hydrogen-bond acceptors (Lipinski definition) is 4. The number of aryl methyl sites for hydroxylation is 1. The van der Waals surface area contributed by atoms with Crippen molar-refractivity contribution < 1.29 is 9.53 Å². The molecule has 0 radical (unpaired) electrons. The second-order valence-corrected chi connectivity index (χ2v) is 7.46. The maximum atomic E-state index is 11.5. The molecule has 5 heteroatoms. The van der Waals surface area contributed by atoms with Gasteiger partial charge in [-0.05, 0) is 24.5 Å². The Hall–Kier alpha value is -1.59. The Bertz CT molecular complexity index is 584. The van der Waals surface area contributed by atoms with Crippen molar-refractivity contribution in [3.05, 3.63) is 29.8 Å². The van der Waals surface area contributed by atoms with E-state index in [2.05, 4.69) is 29.7 Å². The lowest BCUT2D eigenvalue weighted by Gasteiger charge is -2.39. The maximum Gasteiger partial charge on any atom is 0.219 e. The van der Waals surface area contributed by atoms with Crippen LogP contribution in [0.4, 0.5) is 0 Å². The van der Waals surface area contributed by atoms with Gasteiger partial charge in [0.1, 0.15) is 12.4 Å². The molecule has 0 spiro atoms. The Morgan fingerprint density at radius 3 is 2.56 bits per heavy atom. The number of benzene rings is 1. The third kappa shape index (κ3) is 4.53. The van der Waals surface area contributed by atoms with Gasteiger partial charge in [-0.2, -0.15) is 0 Å². The Morgan fingerprint density at radius 1 is 1.16 bits per heavy atom. The average Bonchev–Trinajstić information content (AvgIpc) is 2.97. The normalized spacial score (nSPS) is 25.3. The van der Waals surface area contributed by atoms with E-state index >= 15 is 0 Å². The number of likely N-dealkylation sites (tertiary alicyclic amines) is 1. The quantitative estimate of drug-likeness (QED) is 0.816. The van der Waals surface area contributed by atoms with Gasteiger partial charge < -0.3 is 9.64 Å². The molecule has 0 aliphatic carbocycles. The Balaban J connectivity index is 1.44. The molecule has 2 fully saturated rings. The van der Waals surface area contributed by atoms with E-state index in [0.717, 1.165) is 58.2 Å². The van der Waals surface area contributed by atoms with Gasteiger partial charge in [0.2, 0.25) is 5.91 Å². The first-order chi connectivity index (χ1) is 12.0. The van der Waals surface area contributed by atoms with Gasteiger partial charge in [0.25, 0.3) is 0 Å². The fraction of sp³-hybridized carbons (Fsp3) is 0.650. The zero-order valence-corrected chi connectivity index (χ0v) is 15.8. The lowest BCUT2D eigenvalue weighted by atomic mass is 10.0. The molecule has 2 aliphatic rings. The molecule has 1 aromatic carbocycles. The highest BCUT2D eigenvalue weighted by molar-refractivity contribution is 5.73. The van der Waals surface area contributed by atoms with Crippen LogP contribution in [0.2, 0.25) is 0 Å². The fourth-order valence-electron chi connectivity index (χ4n) is 4.08. The van der Waals surface area contributed by atoms with Crippen LogP contribution < -0.4 is 4.74 Å². The molecule has 2 atom stereocenters. The average molecular weight is 345 g/mol. The van der Waals surface area contributed by atoms with Crippen molar-refractivity contribution in [2.24, 2.45) is 5.92 Å². The highest BCUT2D eigenvalue weighted by atomic mass is 16.5. The molecule has 0 unspecified atom stereocenters. The molecule has 1 aromatic rings. The molecule has 25 heavy (non-hydrogen) atoms. The Labute approximate surface area is 151 Å². The van der Waals surface area contributed by atoms with Crippen LogP contribution in [-0.4, -0.2) is 79.1 Å². The van der Waals surface area contributed by atoms with Gasteiger partial charge in [-0.1, -0.05) is 25.1 Å². The molecule has 1 amide bonds. The summed E-state index contributed by atoms with van der Waals surface area (Å²) in [4.78, 5) is 18.5. The van der Waals surface area contributed by atoms with Crippen LogP contribution >= 0.6 is 0 Å². The summed E-state index contributed by atoms with van der Waals surface area (Å²) >= 11 is 0. The molecular formula is C20H31N3O2. The van der Waals surface area contributed by atoms with Gasteiger partial charge in [-0.15, -0.1) is 0 Å². The molecule has 0 bridgehead atoms. The van der Waals surface area contributed by atoms with Crippen LogP contribution in [0, 0.1) is 12.8 Å². The number of para-hydroxylation sites is 1. The third-order valence-electron chi connectivity index (χ3n) is 5.64. The van der Waals surface area contributed by atoms with Crippen LogP contribution in [-0.2, 0) is 4.79 Å². The number of carbonyl (C=O) groups is 1. The number of nitrogens with zero attached hydrogens (tertiary/aromatic N) is 3. The highest BCUT2D eigenvalue weighted by Gasteiger charge is 2.35. The second kappa shape index (κ2) is 8.19. The second-order valence-electron chi connectivity index (χ2n) is 7.46. The largest absolute Gasteiger partial charge is 0.492 e. The molecule has 0 aromatic heterocycles. The first-order valence-corrected chi connectivity index (χ1v) is 9.45. The van der Waals surface area contributed by atoms with E-state index in [9.17, 15) is 4.79 Å². The minimum atomic E-state index is 0.203. The summed E-state index contributed by atoms with van der Waals surface area (Å²) in [6.07, 6.45) is 0. The van der Waals surface area contributed by atoms with Crippen LogP contribution in [0.1, 0.15) is 19.4 Å². The molecule has 5 nitrogen and oxygen atoms in total. The zero-order valence-electron chi connectivity index (χ0n) is 15.8. The number of hydrogen-bond donors (Lipinski definition) is 0. The first kappa shape index (κ1) is 18.2. The van der Waals surface area contributed by atoms with E-state index in [1.165, 1.54) is 5.56 Å². The van der Waals surface area contributed by atoms with E-state index in [-0.39, 0.29) is 5.91 Å². The van der Waals surface area contributed by atoms with E-state index in [0.29, 0.717) is 12.0 Å². The van der Waals surface area contributed by atoms with Crippen molar-refractivity contribution in [3.63, 3.8) is 0 Å². The lowest BCUT2D eigenvalue weighted by Crippen LogP contribution is -2.53. The van der Waals surface area contributed by atoms with Crippen molar-refractivity contribution in [2.45, 2.75) is 26.8 Å². The van der Waals surface area contributed by atoms with Crippen LogP contribution in [0.3, 0.4) is 0 Å². The number of amides is 1. The standard InChI is InChI=1S/C20H31N3O2/c1-16-6-4-5-7-20(16)25-13-12-21-14-17(2)19(15-21)23-10-8-22(9-11-23)18(3)24/h4-7,17,19H,8-15H2,1-3H3/t17-,19+/m1/s1. The van der Waals surface area contributed by atoms with E-state index in [1.54, 1.807) is 6.92 Å². The minimum absolute atomic E-state index is 0.203. The van der Waals surface area contributed by atoms with Crippen molar-refractivity contribution in [1.82, 2.24) is 14.7 Å². The van der Waals surface area contributed by atoms with Gasteiger partial charge in [-0.3, -0.25) is 14.6 Å². The Morgan fingerprint density at radius 2 is 1.88 bits per heavy atom. The summed E-state index contributed by atoms with van der Waals surface area (Å²) in [5.74, 6) is 1.86. The van der Waals surface area contributed by atoms with Crippen molar-refractivity contribution in [1.29, 1.82) is 0 Å². The minimum Gasteiger partial charge on any atom is -0.492 e. The van der Waals surface area contributed by atoms with E-state index in [4.69, 9.17) is 4.74 Å². The SMILES string of the molecule is CC(=O)N1CCN([C@H]2CN(CCOc3ccccc3C)C[C@H]2C)CC1. The van der Waals surface area contributed by atoms with Crippen LogP contribution in [0.5, 0.6) is 5.75 Å². The zero-order chi connectivity index (χ0) is 17.8. The van der Waals surface area contributed by atoms with Crippen molar-refractivity contribution in [3.8, 4) is 5.75 Å². The van der Waals surface area contributed by atoms with Gasteiger partial charge in [0, 0.05) is 58.8 Å². The number of carbonyl (C=O) groups excluding carboxylic acids is 1. The summed E-state index contributed by atoms with van der Waals surface area (Å²) in [5, 5.41) is 0. The first-order valence-electron chi connectivity index (χ1n) is 9.45. The van der Waals surface area contributed by atoms with Crippen LogP contribution in [0.15, 0.2) is 24.3 Å².